The fraction of sp³-hybridized carbons (Fsp3) is 0.571. The van der Waals surface area contributed by atoms with Crippen molar-refractivity contribution in [2.75, 3.05) is 14.1 Å². The number of carbonyl (C=O) groups excluding carboxylic acids is 1. The summed E-state index contributed by atoms with van der Waals surface area (Å²) in [6.07, 6.45) is 1.57. The molecule has 0 aliphatic heterocycles. The predicted molar refractivity (Wildman–Crippen MR) is 79.1 cm³/mol. The van der Waals surface area contributed by atoms with E-state index in [1.165, 1.54) is 12.4 Å². The van der Waals surface area contributed by atoms with E-state index in [0.717, 1.165) is 5.46 Å². The molecule has 0 unspecified atom stereocenters. The normalized spacial score (nSPS) is 12.2. The Morgan fingerprint density at radius 3 is 2.30 bits per heavy atom. The molecular formula is C14H22BN2O3. The minimum Gasteiger partial charge on any atom is -0.427 e. The molecule has 0 aromatic carbocycles. The van der Waals surface area contributed by atoms with Crippen molar-refractivity contribution in [2.24, 2.45) is 0 Å². The molecule has 1 aromatic heterocycles. The molecule has 1 heterocycles. The van der Waals surface area contributed by atoms with Crippen LogP contribution in [0.2, 0.25) is 0 Å². The van der Waals surface area contributed by atoms with Crippen molar-refractivity contribution in [1.29, 1.82) is 0 Å². The highest BCUT2D eigenvalue weighted by Crippen LogP contribution is 2.24. The van der Waals surface area contributed by atoms with Gasteiger partial charge in [-0.1, -0.05) is 6.07 Å². The molecule has 5 nitrogen and oxygen atoms in total. The molecule has 6 heteroatoms. The lowest BCUT2D eigenvalue weighted by Gasteiger charge is -2.37. The molecule has 1 radical (unpaired) electrons. The van der Waals surface area contributed by atoms with Crippen LogP contribution in [0.5, 0.6) is 0 Å². The zero-order valence-electron chi connectivity index (χ0n) is 13.0. The molecule has 20 heavy (non-hydrogen) atoms. The summed E-state index contributed by atoms with van der Waals surface area (Å²) in [5, 5.41) is 9.99. The van der Waals surface area contributed by atoms with Crippen LogP contribution in [0, 0.1) is 0 Å². The van der Waals surface area contributed by atoms with Gasteiger partial charge in [0.25, 0.3) is 5.91 Å². The van der Waals surface area contributed by atoms with Gasteiger partial charge in [0.1, 0.15) is 5.69 Å². The van der Waals surface area contributed by atoms with Gasteiger partial charge in [-0.05, 0) is 39.2 Å². The van der Waals surface area contributed by atoms with Crippen LogP contribution < -0.4 is 5.46 Å². The maximum Gasteiger partial charge on any atom is 0.332 e. The summed E-state index contributed by atoms with van der Waals surface area (Å²) in [5.74, 6) is -0.144. The SMILES string of the molecule is CN(C)C(=O)c1ccc([B]OC(C)(C)C(C)(C)O)cn1. The van der Waals surface area contributed by atoms with Crippen molar-refractivity contribution in [3.63, 3.8) is 0 Å². The number of nitrogens with zero attached hydrogens (tertiary/aromatic N) is 2. The quantitative estimate of drug-likeness (QED) is 0.800. The number of carbonyl (C=O) groups is 1. The Hall–Kier alpha value is -1.40. The maximum absolute atomic E-state index is 11.7. The summed E-state index contributed by atoms with van der Waals surface area (Å²) in [6.45, 7) is 7.00. The molecule has 0 saturated carbocycles. The van der Waals surface area contributed by atoms with E-state index >= 15 is 0 Å². The van der Waals surface area contributed by atoms with E-state index in [4.69, 9.17) is 4.65 Å². The van der Waals surface area contributed by atoms with E-state index in [-0.39, 0.29) is 5.91 Å². The lowest BCUT2D eigenvalue weighted by molar-refractivity contribution is -0.0893. The number of hydrogen-bond donors (Lipinski definition) is 1. The predicted octanol–water partition coefficient (Wildman–Crippen LogP) is 0.594. The molecular weight excluding hydrogens is 255 g/mol. The zero-order valence-corrected chi connectivity index (χ0v) is 13.0. The molecule has 1 N–H and O–H groups in total. The van der Waals surface area contributed by atoms with Crippen molar-refractivity contribution >= 4 is 18.9 Å². The zero-order chi connectivity index (χ0) is 15.6. The Balaban J connectivity index is 2.70. The smallest absolute Gasteiger partial charge is 0.332 e. The summed E-state index contributed by atoms with van der Waals surface area (Å²) in [4.78, 5) is 17.3. The van der Waals surface area contributed by atoms with Crippen LogP contribution in [0.3, 0.4) is 0 Å². The molecule has 0 bridgehead atoms. The van der Waals surface area contributed by atoms with Gasteiger partial charge < -0.3 is 14.7 Å². The Morgan fingerprint density at radius 1 is 1.30 bits per heavy atom. The maximum atomic E-state index is 11.7. The highest BCUT2D eigenvalue weighted by molar-refractivity contribution is 6.46. The minimum atomic E-state index is -0.974. The topological polar surface area (TPSA) is 62.7 Å². The van der Waals surface area contributed by atoms with Crippen molar-refractivity contribution in [3.05, 3.63) is 24.0 Å². The summed E-state index contributed by atoms with van der Waals surface area (Å²) in [7, 11) is 4.90. The third-order valence-corrected chi connectivity index (χ3v) is 3.37. The van der Waals surface area contributed by atoms with Crippen molar-refractivity contribution in [2.45, 2.75) is 38.9 Å². The molecule has 1 amide bonds. The van der Waals surface area contributed by atoms with Crippen molar-refractivity contribution in [1.82, 2.24) is 9.88 Å². The molecule has 0 atom stereocenters. The third kappa shape index (κ3) is 4.05. The number of hydrogen-bond acceptors (Lipinski definition) is 4. The summed E-state index contributed by atoms with van der Waals surface area (Å²) < 4.78 is 5.62. The highest BCUT2D eigenvalue weighted by Gasteiger charge is 2.35. The van der Waals surface area contributed by atoms with Crippen LogP contribution in [0.4, 0.5) is 0 Å². The summed E-state index contributed by atoms with van der Waals surface area (Å²) >= 11 is 0. The Morgan fingerprint density at radius 2 is 1.90 bits per heavy atom. The first-order chi connectivity index (χ1) is 9.04. The Labute approximate surface area is 121 Å². The van der Waals surface area contributed by atoms with Crippen LogP contribution in [0.15, 0.2) is 18.3 Å². The van der Waals surface area contributed by atoms with Crippen LogP contribution in [-0.2, 0) is 4.65 Å². The van der Waals surface area contributed by atoms with Crippen LogP contribution in [0.25, 0.3) is 0 Å². The van der Waals surface area contributed by atoms with Crippen LogP contribution in [-0.4, -0.2) is 53.7 Å². The van der Waals surface area contributed by atoms with E-state index in [1.54, 1.807) is 60.1 Å². The average Bonchev–Trinajstić information content (AvgIpc) is 2.34. The average molecular weight is 277 g/mol. The molecule has 0 fully saturated rings. The van der Waals surface area contributed by atoms with Crippen LogP contribution >= 0.6 is 0 Å². The first-order valence-electron chi connectivity index (χ1n) is 6.46. The first-order valence-corrected chi connectivity index (χ1v) is 6.46. The Kier molecular flexibility index (Phi) is 4.94. The molecule has 0 spiro atoms. The van der Waals surface area contributed by atoms with Gasteiger partial charge in [-0.15, -0.1) is 0 Å². The van der Waals surface area contributed by atoms with E-state index in [9.17, 15) is 9.90 Å². The number of amides is 1. The fourth-order valence-corrected chi connectivity index (χ4v) is 1.19. The molecule has 109 valence electrons. The monoisotopic (exact) mass is 277 g/mol. The van der Waals surface area contributed by atoms with E-state index in [2.05, 4.69) is 4.98 Å². The summed E-state index contributed by atoms with van der Waals surface area (Å²) in [6, 6.07) is 3.40. The van der Waals surface area contributed by atoms with Crippen LogP contribution in [0.1, 0.15) is 38.2 Å². The molecule has 1 aromatic rings. The summed E-state index contributed by atoms with van der Waals surface area (Å²) in [5.41, 5.74) is -0.588. The highest BCUT2D eigenvalue weighted by atomic mass is 16.5. The van der Waals surface area contributed by atoms with Gasteiger partial charge in [0, 0.05) is 20.3 Å². The first kappa shape index (κ1) is 16.7. The van der Waals surface area contributed by atoms with E-state index < -0.39 is 11.2 Å². The molecule has 0 aliphatic rings. The second kappa shape index (κ2) is 5.93. The second-order valence-corrected chi connectivity index (χ2v) is 5.98. The fourth-order valence-electron chi connectivity index (χ4n) is 1.19. The number of aliphatic hydroxyl groups is 1. The Bertz CT molecular complexity index is 464. The standard InChI is InChI=1S/C14H22BN2O3/c1-13(2,19)14(3,4)20-15-10-7-8-11(16-9-10)12(18)17(5)6/h7-9,19H,1-6H3. The number of pyridine rings is 1. The van der Waals surface area contributed by atoms with E-state index in [1.807, 2.05) is 0 Å². The number of rotatable bonds is 5. The van der Waals surface area contributed by atoms with E-state index in [0.29, 0.717) is 5.69 Å². The van der Waals surface area contributed by atoms with Gasteiger partial charge in [-0.3, -0.25) is 9.78 Å². The third-order valence-electron chi connectivity index (χ3n) is 3.37. The molecule has 0 aliphatic carbocycles. The lowest BCUT2D eigenvalue weighted by Crippen LogP contribution is -2.49. The molecule has 1 rings (SSSR count). The largest absolute Gasteiger partial charge is 0.427 e. The van der Waals surface area contributed by atoms with Gasteiger partial charge in [-0.2, -0.15) is 0 Å². The number of aromatic nitrogens is 1. The lowest BCUT2D eigenvalue weighted by atomic mass is 9.83. The van der Waals surface area contributed by atoms with Gasteiger partial charge >= 0.3 is 7.48 Å². The van der Waals surface area contributed by atoms with Gasteiger partial charge in [0.05, 0.1) is 11.2 Å². The van der Waals surface area contributed by atoms with Crippen molar-refractivity contribution < 1.29 is 14.6 Å². The van der Waals surface area contributed by atoms with Crippen molar-refractivity contribution in [3.8, 4) is 0 Å². The van der Waals surface area contributed by atoms with Gasteiger partial charge in [0.2, 0.25) is 0 Å². The minimum absolute atomic E-state index is 0.144. The molecule has 0 saturated heterocycles. The van der Waals surface area contributed by atoms with Gasteiger partial charge in [0.15, 0.2) is 0 Å². The van der Waals surface area contributed by atoms with Gasteiger partial charge in [-0.25, -0.2) is 0 Å². The second-order valence-electron chi connectivity index (χ2n) is 5.98.